The standard InChI is InChI=1S/C62H40/c1-5-19-41(20-6-1)54-39-56-48-30-16-13-23-43(48)33-36-51(56)61(58(54)46-26-9-3-10-27-46)53-38-35-45-25-15-18-32-50(45)60(53)62-52-37-34-44-24-14-17-31-49(44)57(52)40-55(42-21-7-2-8-22-42)59(62)47-28-11-4-12-29-47/h1-40H. The van der Waals surface area contributed by atoms with Gasteiger partial charge < -0.3 is 0 Å². The molecule has 0 spiro atoms. The Morgan fingerprint density at radius 3 is 1.00 bits per heavy atom. The van der Waals surface area contributed by atoms with Gasteiger partial charge in [0.25, 0.3) is 0 Å². The van der Waals surface area contributed by atoms with Crippen LogP contribution in [0.4, 0.5) is 0 Å². The van der Waals surface area contributed by atoms with E-state index in [9.17, 15) is 0 Å². The Kier molecular flexibility index (Phi) is 8.61. The zero-order valence-corrected chi connectivity index (χ0v) is 34.1. The van der Waals surface area contributed by atoms with E-state index in [0.29, 0.717) is 0 Å². The van der Waals surface area contributed by atoms with Gasteiger partial charge in [0.1, 0.15) is 0 Å². The van der Waals surface area contributed by atoms with Gasteiger partial charge in [0.15, 0.2) is 0 Å². The Morgan fingerprint density at radius 1 is 0.161 bits per heavy atom. The van der Waals surface area contributed by atoms with Gasteiger partial charge in [0.05, 0.1) is 0 Å². The summed E-state index contributed by atoms with van der Waals surface area (Å²) in [6.07, 6.45) is 0. The summed E-state index contributed by atoms with van der Waals surface area (Å²) >= 11 is 0. The normalized spacial score (nSPS) is 11.5. The van der Waals surface area contributed by atoms with Crippen LogP contribution in [0, 0.1) is 0 Å². The smallest absolute Gasteiger partial charge is 0.000785 e. The maximum Gasteiger partial charge on any atom is -0.000785 e. The van der Waals surface area contributed by atoms with Gasteiger partial charge in [-0.15, -0.1) is 0 Å². The molecule has 0 aliphatic rings. The SMILES string of the molecule is c1ccc(-c2cc3c(ccc4ccccc43)c(-c3ccc4ccccc4c3-c3c(-c4ccccc4)c(-c4ccccc4)cc4c3ccc3ccccc34)c2-c2ccccc2)cc1. The van der Waals surface area contributed by atoms with Crippen molar-refractivity contribution in [2.75, 3.05) is 0 Å². The number of rotatable bonds is 6. The van der Waals surface area contributed by atoms with Crippen molar-refractivity contribution in [3.05, 3.63) is 243 Å². The topological polar surface area (TPSA) is 0 Å². The molecule has 0 aromatic heterocycles. The fourth-order valence-electron chi connectivity index (χ4n) is 10.1. The molecule has 0 aliphatic carbocycles. The number of hydrogen-bond acceptors (Lipinski definition) is 0. The number of hydrogen-bond donors (Lipinski definition) is 0. The lowest BCUT2D eigenvalue weighted by Crippen LogP contribution is -1.99. The molecule has 0 aliphatic heterocycles. The van der Waals surface area contributed by atoms with Crippen molar-refractivity contribution in [1.82, 2.24) is 0 Å². The van der Waals surface area contributed by atoms with E-state index >= 15 is 0 Å². The Labute approximate surface area is 361 Å². The van der Waals surface area contributed by atoms with E-state index in [1.807, 2.05) is 0 Å². The molecule has 288 valence electrons. The summed E-state index contributed by atoms with van der Waals surface area (Å²) in [6, 6.07) is 89.8. The molecule has 0 atom stereocenters. The van der Waals surface area contributed by atoms with Crippen molar-refractivity contribution in [2.45, 2.75) is 0 Å². The first kappa shape index (κ1) is 35.8. The molecule has 0 fully saturated rings. The van der Waals surface area contributed by atoms with E-state index in [2.05, 4.69) is 243 Å². The fourth-order valence-corrected chi connectivity index (χ4v) is 10.1. The molecule has 62 heavy (non-hydrogen) atoms. The van der Waals surface area contributed by atoms with E-state index < -0.39 is 0 Å². The average molecular weight is 785 g/mol. The lowest BCUT2D eigenvalue weighted by molar-refractivity contribution is 1.58. The lowest BCUT2D eigenvalue weighted by Gasteiger charge is -2.26. The molecule has 0 heteroatoms. The first-order valence-electron chi connectivity index (χ1n) is 21.5. The van der Waals surface area contributed by atoms with Crippen LogP contribution in [0.5, 0.6) is 0 Å². The molecule has 0 bridgehead atoms. The van der Waals surface area contributed by atoms with Crippen molar-refractivity contribution in [1.29, 1.82) is 0 Å². The summed E-state index contributed by atoms with van der Waals surface area (Å²) in [5, 5.41) is 12.3. The van der Waals surface area contributed by atoms with Crippen LogP contribution in [-0.4, -0.2) is 0 Å². The maximum absolute atomic E-state index is 2.45. The first-order valence-corrected chi connectivity index (χ1v) is 21.5. The molecule has 0 radical (unpaired) electrons. The highest BCUT2D eigenvalue weighted by molar-refractivity contribution is 6.25. The highest BCUT2D eigenvalue weighted by Crippen LogP contribution is 2.54. The summed E-state index contributed by atoms with van der Waals surface area (Å²) in [5.74, 6) is 0. The second-order valence-electron chi connectivity index (χ2n) is 16.3. The van der Waals surface area contributed by atoms with Crippen molar-refractivity contribution >= 4 is 53.9 Å². The van der Waals surface area contributed by atoms with E-state index in [1.54, 1.807) is 0 Å². The quantitative estimate of drug-likeness (QED) is 0.147. The molecule has 0 nitrogen and oxygen atoms in total. The van der Waals surface area contributed by atoms with Crippen molar-refractivity contribution in [3.8, 4) is 66.8 Å². The largest absolute Gasteiger partial charge is 0.0622 e. The lowest BCUT2D eigenvalue weighted by atomic mass is 9.76. The molecule has 12 aromatic carbocycles. The van der Waals surface area contributed by atoms with Gasteiger partial charge in [-0.05, 0) is 133 Å². The second-order valence-corrected chi connectivity index (χ2v) is 16.3. The van der Waals surface area contributed by atoms with Crippen LogP contribution in [0.3, 0.4) is 0 Å². The molecule has 0 N–H and O–H groups in total. The predicted molar refractivity (Wildman–Crippen MR) is 267 cm³/mol. The van der Waals surface area contributed by atoms with Crippen molar-refractivity contribution < 1.29 is 0 Å². The summed E-state index contributed by atoms with van der Waals surface area (Å²) in [5.41, 5.74) is 14.6. The molecule has 0 amide bonds. The van der Waals surface area contributed by atoms with E-state index in [1.165, 1.54) is 121 Å². The molecule has 0 saturated carbocycles. The third-order valence-electron chi connectivity index (χ3n) is 12.8. The van der Waals surface area contributed by atoms with Gasteiger partial charge in [0.2, 0.25) is 0 Å². The van der Waals surface area contributed by atoms with E-state index in [4.69, 9.17) is 0 Å². The molecule has 0 heterocycles. The number of benzene rings is 12. The van der Waals surface area contributed by atoms with Crippen molar-refractivity contribution in [2.24, 2.45) is 0 Å². The van der Waals surface area contributed by atoms with Crippen molar-refractivity contribution in [3.63, 3.8) is 0 Å². The van der Waals surface area contributed by atoms with Gasteiger partial charge in [-0.25, -0.2) is 0 Å². The minimum Gasteiger partial charge on any atom is -0.0622 e. The van der Waals surface area contributed by atoms with Gasteiger partial charge in [-0.2, -0.15) is 0 Å². The third kappa shape index (κ3) is 5.84. The summed E-state index contributed by atoms with van der Waals surface area (Å²) in [6.45, 7) is 0. The van der Waals surface area contributed by atoms with Crippen LogP contribution >= 0.6 is 0 Å². The predicted octanol–water partition coefficient (Wildman–Crippen LogP) is 17.5. The monoisotopic (exact) mass is 784 g/mol. The summed E-state index contributed by atoms with van der Waals surface area (Å²) in [7, 11) is 0. The van der Waals surface area contributed by atoms with Crippen LogP contribution in [0.25, 0.3) is 121 Å². The summed E-state index contributed by atoms with van der Waals surface area (Å²) in [4.78, 5) is 0. The minimum absolute atomic E-state index is 1.19. The van der Waals surface area contributed by atoms with Crippen LogP contribution in [0.15, 0.2) is 243 Å². The van der Waals surface area contributed by atoms with Gasteiger partial charge in [0, 0.05) is 0 Å². The Morgan fingerprint density at radius 2 is 0.516 bits per heavy atom. The molecular formula is C62H40. The molecule has 0 saturated heterocycles. The van der Waals surface area contributed by atoms with E-state index in [-0.39, 0.29) is 0 Å². The molecule has 12 aromatic rings. The zero-order chi connectivity index (χ0) is 41.0. The Bertz CT molecular complexity index is 3640. The molecular weight excluding hydrogens is 745 g/mol. The minimum atomic E-state index is 1.19. The maximum atomic E-state index is 2.45. The number of fused-ring (bicyclic) bond motifs is 7. The zero-order valence-electron chi connectivity index (χ0n) is 34.1. The van der Waals surface area contributed by atoms with Crippen LogP contribution in [0.1, 0.15) is 0 Å². The molecule has 0 unspecified atom stereocenters. The summed E-state index contributed by atoms with van der Waals surface area (Å²) < 4.78 is 0. The third-order valence-corrected chi connectivity index (χ3v) is 12.8. The van der Waals surface area contributed by atoms with Crippen LogP contribution in [0.2, 0.25) is 0 Å². The van der Waals surface area contributed by atoms with E-state index in [0.717, 1.165) is 0 Å². The van der Waals surface area contributed by atoms with Gasteiger partial charge in [-0.3, -0.25) is 0 Å². The highest BCUT2D eigenvalue weighted by atomic mass is 14.3. The Balaban J connectivity index is 1.35. The fraction of sp³-hybridized carbons (Fsp3) is 0. The van der Waals surface area contributed by atoms with Crippen LogP contribution < -0.4 is 0 Å². The first-order chi connectivity index (χ1) is 30.8. The second kappa shape index (κ2) is 14.9. The Hall–Kier alpha value is -8.06. The van der Waals surface area contributed by atoms with Gasteiger partial charge in [-0.1, -0.05) is 231 Å². The van der Waals surface area contributed by atoms with Crippen LogP contribution in [-0.2, 0) is 0 Å². The molecule has 12 rings (SSSR count). The van der Waals surface area contributed by atoms with Gasteiger partial charge >= 0.3 is 0 Å². The highest BCUT2D eigenvalue weighted by Gasteiger charge is 2.27. The average Bonchev–Trinajstić information content (AvgIpc) is 3.36.